The van der Waals surface area contributed by atoms with Crippen LogP contribution in [0.4, 0.5) is 5.95 Å². The third-order valence-corrected chi connectivity index (χ3v) is 6.22. The van der Waals surface area contributed by atoms with Gasteiger partial charge in [0.2, 0.25) is 5.95 Å². The first-order chi connectivity index (χ1) is 15.6. The summed E-state index contributed by atoms with van der Waals surface area (Å²) in [5, 5.41) is 3.91. The number of rotatable bonds is 2. The minimum absolute atomic E-state index is 0.241. The number of hydrogen-bond acceptors (Lipinski definition) is 7. The number of nitrogens with two attached hydrogens (primary N) is 1. The molecule has 0 saturated carbocycles. The highest BCUT2D eigenvalue weighted by atomic mass is 35.5. The minimum Gasteiger partial charge on any atom is -0.489 e. The first-order valence-electron chi connectivity index (χ1n) is 10.0. The Labute approximate surface area is 192 Å². The van der Waals surface area contributed by atoms with Gasteiger partial charge in [-0.25, -0.2) is 9.98 Å². The Morgan fingerprint density at radius 1 is 1.06 bits per heavy atom. The van der Waals surface area contributed by atoms with Gasteiger partial charge in [0.05, 0.1) is 34.3 Å². The van der Waals surface area contributed by atoms with E-state index in [1.165, 1.54) is 0 Å². The van der Waals surface area contributed by atoms with Gasteiger partial charge in [0.15, 0.2) is 23.6 Å². The fourth-order valence-corrected chi connectivity index (χ4v) is 4.34. The van der Waals surface area contributed by atoms with E-state index < -0.39 is 6.17 Å². The topological polar surface area (TPSA) is 99.8 Å². The number of aliphatic imine (C=N–C) groups is 1. The molecule has 10 heteroatoms. The average Bonchev–Trinajstić information content (AvgIpc) is 3.32. The number of furan rings is 1. The van der Waals surface area contributed by atoms with Crippen LogP contribution in [0, 0.1) is 0 Å². The highest BCUT2D eigenvalue weighted by Gasteiger charge is 2.29. The fraction of sp³-hybridized carbons (Fsp3) is 0.182. The molecule has 0 amide bonds. The lowest BCUT2D eigenvalue weighted by atomic mass is 10.2. The van der Waals surface area contributed by atoms with E-state index in [-0.39, 0.29) is 5.96 Å². The van der Waals surface area contributed by atoms with E-state index in [9.17, 15) is 0 Å². The van der Waals surface area contributed by atoms with Gasteiger partial charge in [-0.05, 0) is 24.3 Å². The zero-order valence-electron chi connectivity index (χ0n) is 16.6. The lowest BCUT2D eigenvalue weighted by molar-refractivity contribution is 0.297. The van der Waals surface area contributed by atoms with Crippen LogP contribution in [0.5, 0.6) is 11.5 Å². The van der Waals surface area contributed by atoms with E-state index >= 15 is 0 Å². The Hall–Kier alpha value is -3.36. The second-order valence-electron chi connectivity index (χ2n) is 7.46. The summed E-state index contributed by atoms with van der Waals surface area (Å²) in [4.78, 5) is 9.26. The number of halogens is 2. The SMILES string of the molecule is NC1=N[C@H](c2ccc(-c3cccc(Cl)c3Cl)o2)n2c(nc3cc4c(cc32)OCCCO4)N1. The number of fused-ring (bicyclic) bond motifs is 4. The van der Waals surface area contributed by atoms with Gasteiger partial charge in [0.25, 0.3) is 0 Å². The summed E-state index contributed by atoms with van der Waals surface area (Å²) in [5.74, 6) is 3.29. The first kappa shape index (κ1) is 19.3. The molecule has 3 N–H and O–H groups in total. The zero-order chi connectivity index (χ0) is 21.8. The van der Waals surface area contributed by atoms with E-state index in [1.807, 2.05) is 41.0 Å². The molecule has 2 aromatic heterocycles. The van der Waals surface area contributed by atoms with E-state index in [0.29, 0.717) is 57.8 Å². The van der Waals surface area contributed by atoms with Gasteiger partial charge in [0, 0.05) is 24.1 Å². The second-order valence-corrected chi connectivity index (χ2v) is 8.25. The van der Waals surface area contributed by atoms with Crippen molar-refractivity contribution in [3.63, 3.8) is 0 Å². The van der Waals surface area contributed by atoms with Gasteiger partial charge >= 0.3 is 0 Å². The number of nitrogens with zero attached hydrogens (tertiary/aromatic N) is 3. The Balaban J connectivity index is 1.48. The molecule has 0 fully saturated rings. The predicted molar refractivity (Wildman–Crippen MR) is 123 cm³/mol. The smallest absolute Gasteiger partial charge is 0.212 e. The van der Waals surface area contributed by atoms with Crippen LogP contribution in [0.1, 0.15) is 18.3 Å². The van der Waals surface area contributed by atoms with Crippen molar-refractivity contribution in [1.82, 2.24) is 9.55 Å². The average molecular weight is 470 g/mol. The monoisotopic (exact) mass is 469 g/mol. The standard InChI is InChI=1S/C22H17Cl2N5O3/c23-12-4-1-3-11(19(12)24)15-5-6-16(32-15)20-27-21(25)28-22-26-13-9-17-18(10-14(13)29(20)22)31-8-2-7-30-17/h1,3-6,9-10,20H,2,7-8H2,(H3,25,26,27,28)/t20-/m0/s1. The zero-order valence-corrected chi connectivity index (χ0v) is 18.2. The summed E-state index contributed by atoms with van der Waals surface area (Å²) >= 11 is 12.5. The van der Waals surface area contributed by atoms with Crippen molar-refractivity contribution in [2.24, 2.45) is 10.7 Å². The number of imidazole rings is 1. The Kier molecular flexibility index (Phi) is 4.44. The molecule has 4 heterocycles. The van der Waals surface area contributed by atoms with Crippen molar-refractivity contribution in [3.8, 4) is 22.8 Å². The largest absolute Gasteiger partial charge is 0.489 e. The van der Waals surface area contributed by atoms with Gasteiger partial charge in [-0.15, -0.1) is 0 Å². The molecule has 1 atom stereocenters. The molecule has 0 radical (unpaired) electrons. The lowest BCUT2D eigenvalue weighted by Gasteiger charge is -2.22. The molecule has 2 aliphatic rings. The lowest BCUT2D eigenvalue weighted by Crippen LogP contribution is -2.31. The summed E-state index contributed by atoms with van der Waals surface area (Å²) in [7, 11) is 0. The number of hydrogen-bond donors (Lipinski definition) is 2. The third-order valence-electron chi connectivity index (χ3n) is 5.40. The van der Waals surface area contributed by atoms with Gasteiger partial charge < -0.3 is 19.6 Å². The van der Waals surface area contributed by atoms with Gasteiger partial charge in [-0.2, -0.15) is 0 Å². The van der Waals surface area contributed by atoms with Crippen molar-refractivity contribution in [3.05, 3.63) is 58.3 Å². The van der Waals surface area contributed by atoms with Crippen molar-refractivity contribution in [1.29, 1.82) is 0 Å². The molecule has 8 nitrogen and oxygen atoms in total. The highest BCUT2D eigenvalue weighted by molar-refractivity contribution is 6.43. The second kappa shape index (κ2) is 7.36. The number of guanidine groups is 1. The molecule has 0 aliphatic carbocycles. The van der Waals surface area contributed by atoms with Crippen LogP contribution < -0.4 is 20.5 Å². The molecule has 0 unspecified atom stereocenters. The summed E-state index contributed by atoms with van der Waals surface area (Å²) in [5.41, 5.74) is 8.31. The summed E-state index contributed by atoms with van der Waals surface area (Å²) in [6, 6.07) is 12.9. The number of nitrogens with one attached hydrogen (secondary N) is 1. The van der Waals surface area contributed by atoms with Crippen LogP contribution >= 0.6 is 23.2 Å². The Morgan fingerprint density at radius 2 is 1.88 bits per heavy atom. The van der Waals surface area contributed by atoms with Gasteiger partial charge in [-0.1, -0.05) is 29.3 Å². The summed E-state index contributed by atoms with van der Waals surface area (Å²) in [6.45, 7) is 1.19. The third kappa shape index (κ3) is 3.06. The van der Waals surface area contributed by atoms with Crippen LogP contribution in [-0.2, 0) is 0 Å². The fourth-order valence-electron chi connectivity index (χ4n) is 3.95. The molecule has 0 spiro atoms. The van der Waals surface area contributed by atoms with Crippen molar-refractivity contribution in [2.75, 3.05) is 18.5 Å². The summed E-state index contributed by atoms with van der Waals surface area (Å²) in [6.07, 6.45) is 0.261. The van der Waals surface area contributed by atoms with E-state index in [2.05, 4.69) is 15.3 Å². The molecular formula is C22H17Cl2N5O3. The minimum atomic E-state index is -0.562. The molecule has 6 rings (SSSR count). The molecule has 4 aromatic rings. The number of benzene rings is 2. The maximum Gasteiger partial charge on any atom is 0.212 e. The van der Waals surface area contributed by atoms with Crippen LogP contribution in [0.15, 0.2) is 51.9 Å². The maximum atomic E-state index is 6.38. The number of aromatic nitrogens is 2. The molecule has 162 valence electrons. The van der Waals surface area contributed by atoms with Gasteiger partial charge in [-0.3, -0.25) is 9.88 Å². The van der Waals surface area contributed by atoms with Crippen molar-refractivity contribution >= 4 is 46.1 Å². The number of ether oxygens (including phenoxy) is 2. The predicted octanol–water partition coefficient (Wildman–Crippen LogP) is 5.05. The van der Waals surface area contributed by atoms with E-state index in [4.69, 9.17) is 42.8 Å². The van der Waals surface area contributed by atoms with Gasteiger partial charge in [0.1, 0.15) is 11.5 Å². The van der Waals surface area contributed by atoms with Crippen LogP contribution in [0.25, 0.3) is 22.4 Å². The molecule has 0 bridgehead atoms. The quantitative estimate of drug-likeness (QED) is 0.425. The Morgan fingerprint density at radius 3 is 2.72 bits per heavy atom. The van der Waals surface area contributed by atoms with E-state index in [1.54, 1.807) is 6.07 Å². The molecular weight excluding hydrogens is 453 g/mol. The molecule has 2 aliphatic heterocycles. The summed E-state index contributed by atoms with van der Waals surface area (Å²) < 4.78 is 19.8. The van der Waals surface area contributed by atoms with Crippen molar-refractivity contribution < 1.29 is 13.9 Å². The normalized spacial score (nSPS) is 17.4. The van der Waals surface area contributed by atoms with E-state index in [0.717, 1.165) is 17.5 Å². The molecule has 32 heavy (non-hydrogen) atoms. The maximum absolute atomic E-state index is 6.38. The van der Waals surface area contributed by atoms with Crippen LogP contribution in [0.2, 0.25) is 10.0 Å². The molecule has 0 saturated heterocycles. The first-order valence-corrected chi connectivity index (χ1v) is 10.8. The van der Waals surface area contributed by atoms with Crippen LogP contribution in [-0.4, -0.2) is 28.7 Å². The van der Waals surface area contributed by atoms with Crippen LogP contribution in [0.3, 0.4) is 0 Å². The molecule has 2 aromatic carbocycles. The van der Waals surface area contributed by atoms with Crippen molar-refractivity contribution in [2.45, 2.75) is 12.6 Å². The number of anilines is 1. The highest BCUT2D eigenvalue weighted by Crippen LogP contribution is 2.41. The Bertz CT molecular complexity index is 1390.